The van der Waals surface area contributed by atoms with Gasteiger partial charge in [-0.1, -0.05) is 0 Å². The summed E-state index contributed by atoms with van der Waals surface area (Å²) in [6.07, 6.45) is 0. The molecule has 3 N–H and O–H groups in total. The zero-order chi connectivity index (χ0) is 8.85. The van der Waals surface area contributed by atoms with Gasteiger partial charge < -0.3 is 15.4 Å². The van der Waals surface area contributed by atoms with E-state index in [4.69, 9.17) is 15.4 Å². The lowest BCUT2D eigenvalue weighted by atomic mass is 10.8. The molecule has 0 amide bonds. The smallest absolute Gasteiger partial charge is 0.473 e. The van der Waals surface area contributed by atoms with Crippen LogP contribution in [0.1, 0.15) is 0 Å². The third-order valence-electron chi connectivity index (χ3n) is 0.634. The molecule has 0 saturated heterocycles. The molecule has 0 rings (SSSR count). The van der Waals surface area contributed by atoms with Crippen LogP contribution in [0.4, 0.5) is 0 Å². The predicted octanol–water partition coefficient (Wildman–Crippen LogP) is -0.433. The van der Waals surface area contributed by atoms with Crippen molar-refractivity contribution in [3.8, 4) is 0 Å². The van der Waals surface area contributed by atoms with Crippen molar-refractivity contribution in [2.24, 2.45) is 5.16 Å². The average Bonchev–Trinajstić information content (AvgIpc) is 1.88. The molecule has 0 aliphatic heterocycles. The molecular formula is C3H5NO6P+. The van der Waals surface area contributed by atoms with Gasteiger partial charge in [0.2, 0.25) is 0 Å². The third-order valence-corrected chi connectivity index (χ3v) is 1.61. The lowest BCUT2D eigenvalue weighted by Gasteiger charge is -1.82. The van der Waals surface area contributed by atoms with Crippen LogP contribution in [0.15, 0.2) is 5.16 Å². The summed E-state index contributed by atoms with van der Waals surface area (Å²) in [6.45, 7) is -0.901. The van der Waals surface area contributed by atoms with Crippen molar-refractivity contribution in [2.75, 3.05) is 6.79 Å². The number of hydrogen-bond donors (Lipinski definition) is 3. The maximum atomic E-state index is 10.5. The minimum Gasteiger partial charge on any atom is -0.473 e. The monoisotopic (exact) mass is 182 g/mol. The molecule has 1 unspecified atom stereocenters. The second-order valence-corrected chi connectivity index (χ2v) is 2.44. The molecule has 0 aliphatic rings. The van der Waals surface area contributed by atoms with E-state index in [1.165, 1.54) is 0 Å². The highest BCUT2D eigenvalue weighted by Gasteiger charge is 2.36. The van der Waals surface area contributed by atoms with E-state index in [9.17, 15) is 9.36 Å². The Bertz CT molecular complexity index is 200. The van der Waals surface area contributed by atoms with Crippen LogP contribution in [-0.2, 0) is 13.9 Å². The summed E-state index contributed by atoms with van der Waals surface area (Å²) in [5.74, 6) is -1.66. The van der Waals surface area contributed by atoms with Gasteiger partial charge >= 0.3 is 19.5 Å². The predicted molar refractivity (Wildman–Crippen MR) is 32.6 cm³/mol. The standard InChI is InChI=1S/C3H4NO6P/c5-1-10-11(9)2(4-8)3(6)7/h5H,1H2,(H-,6,7,8,9)/p+1. The number of aliphatic hydroxyl groups is 1. The van der Waals surface area contributed by atoms with Crippen molar-refractivity contribution in [3.63, 3.8) is 0 Å². The highest BCUT2D eigenvalue weighted by molar-refractivity contribution is 7.63. The van der Waals surface area contributed by atoms with Gasteiger partial charge in [-0.15, -0.1) is 4.52 Å². The number of carbonyl (C=O) groups is 1. The average molecular weight is 182 g/mol. The van der Waals surface area contributed by atoms with Crippen LogP contribution >= 0.6 is 8.03 Å². The summed E-state index contributed by atoms with van der Waals surface area (Å²) in [5, 5.41) is 26.3. The molecule has 0 aromatic rings. The molecule has 0 fully saturated rings. The van der Waals surface area contributed by atoms with Crippen LogP contribution < -0.4 is 0 Å². The Morgan fingerprint density at radius 2 is 2.18 bits per heavy atom. The van der Waals surface area contributed by atoms with E-state index in [-0.39, 0.29) is 0 Å². The van der Waals surface area contributed by atoms with Gasteiger partial charge in [0.1, 0.15) is 0 Å². The fraction of sp³-hybridized carbons (Fsp3) is 0.333. The van der Waals surface area contributed by atoms with Crippen molar-refractivity contribution in [1.82, 2.24) is 0 Å². The van der Waals surface area contributed by atoms with Crippen LogP contribution in [0, 0.1) is 0 Å². The molecule has 62 valence electrons. The van der Waals surface area contributed by atoms with Crippen LogP contribution in [0.2, 0.25) is 0 Å². The number of carboxylic acid groups (broad SMARTS) is 1. The summed E-state index contributed by atoms with van der Waals surface area (Å²) in [4.78, 5) is 10.0. The van der Waals surface area contributed by atoms with E-state index >= 15 is 0 Å². The number of carboxylic acids is 1. The van der Waals surface area contributed by atoms with Crippen molar-refractivity contribution in [1.29, 1.82) is 0 Å². The summed E-state index contributed by atoms with van der Waals surface area (Å²) in [5.41, 5.74) is -1.03. The minimum absolute atomic E-state index is 0.901. The molecule has 0 heterocycles. The lowest BCUT2D eigenvalue weighted by Crippen LogP contribution is -2.09. The first-order chi connectivity index (χ1) is 5.13. The van der Waals surface area contributed by atoms with Gasteiger partial charge in [-0.05, 0) is 9.72 Å². The van der Waals surface area contributed by atoms with Gasteiger partial charge in [-0.3, -0.25) is 0 Å². The Labute approximate surface area is 61.8 Å². The maximum Gasteiger partial charge on any atom is 0.582 e. The number of oxime groups is 1. The van der Waals surface area contributed by atoms with Crippen LogP contribution in [-0.4, -0.2) is 33.6 Å². The molecule has 0 aliphatic carbocycles. The molecule has 7 nitrogen and oxygen atoms in total. The fourth-order valence-electron chi connectivity index (χ4n) is 0.271. The summed E-state index contributed by atoms with van der Waals surface area (Å²) < 4.78 is 14.5. The van der Waals surface area contributed by atoms with E-state index < -0.39 is 26.2 Å². The topological polar surface area (TPSA) is 116 Å². The molecule has 0 spiro atoms. The molecule has 0 bridgehead atoms. The lowest BCUT2D eigenvalue weighted by molar-refractivity contribution is -0.129. The largest absolute Gasteiger partial charge is 0.582 e. The van der Waals surface area contributed by atoms with Crippen molar-refractivity contribution in [2.45, 2.75) is 0 Å². The van der Waals surface area contributed by atoms with Crippen molar-refractivity contribution in [3.05, 3.63) is 0 Å². The van der Waals surface area contributed by atoms with E-state index in [0.717, 1.165) is 0 Å². The zero-order valence-corrected chi connectivity index (χ0v) is 6.06. The molecule has 11 heavy (non-hydrogen) atoms. The Morgan fingerprint density at radius 3 is 2.45 bits per heavy atom. The van der Waals surface area contributed by atoms with Gasteiger partial charge in [0.05, 0.1) is 0 Å². The Morgan fingerprint density at radius 1 is 1.64 bits per heavy atom. The van der Waals surface area contributed by atoms with E-state index in [1.807, 2.05) is 0 Å². The molecule has 0 saturated carbocycles. The first-order valence-corrected chi connectivity index (χ1v) is 3.47. The molecule has 0 aromatic heterocycles. The molecule has 8 heteroatoms. The third kappa shape index (κ3) is 3.03. The Kier molecular flexibility index (Phi) is 4.28. The number of aliphatic hydroxyl groups excluding tert-OH is 1. The van der Waals surface area contributed by atoms with Gasteiger partial charge in [0, 0.05) is 0 Å². The van der Waals surface area contributed by atoms with Gasteiger partial charge in [0.25, 0.3) is 0 Å². The second kappa shape index (κ2) is 4.73. The molecular weight excluding hydrogens is 177 g/mol. The van der Waals surface area contributed by atoms with Crippen LogP contribution in [0.3, 0.4) is 0 Å². The highest BCUT2D eigenvalue weighted by atomic mass is 31.1. The van der Waals surface area contributed by atoms with E-state index in [1.54, 1.807) is 0 Å². The number of nitrogens with zero attached hydrogens (tertiary/aromatic N) is 1. The first kappa shape index (κ1) is 9.96. The molecule has 0 aromatic carbocycles. The number of aliphatic carboxylic acids is 1. The van der Waals surface area contributed by atoms with Crippen LogP contribution in [0.5, 0.6) is 0 Å². The van der Waals surface area contributed by atoms with E-state index in [0.29, 0.717) is 0 Å². The molecule has 1 atom stereocenters. The maximum absolute atomic E-state index is 10.5. The number of hydrogen-bond acceptors (Lipinski definition) is 6. The Hall–Kier alpha value is -1.04. The summed E-state index contributed by atoms with van der Waals surface area (Å²) in [6, 6.07) is 0. The minimum atomic E-state index is -2.78. The quantitative estimate of drug-likeness (QED) is 0.178. The van der Waals surface area contributed by atoms with Crippen molar-refractivity contribution < 1.29 is 29.3 Å². The molecule has 0 radical (unpaired) electrons. The summed E-state index contributed by atoms with van der Waals surface area (Å²) >= 11 is 0. The van der Waals surface area contributed by atoms with Gasteiger partial charge in [0.15, 0.2) is 6.79 Å². The highest BCUT2D eigenvalue weighted by Crippen LogP contribution is 2.23. The normalized spacial score (nSPS) is 12.8. The SMILES string of the molecule is O=C(O)C(=NO)[P+](=O)OCO. The van der Waals surface area contributed by atoms with Crippen LogP contribution in [0.25, 0.3) is 0 Å². The number of rotatable bonds is 4. The Balaban J connectivity index is 4.29. The second-order valence-electron chi connectivity index (χ2n) is 1.24. The summed E-state index contributed by atoms with van der Waals surface area (Å²) in [7, 11) is -2.78. The zero-order valence-electron chi connectivity index (χ0n) is 5.17. The van der Waals surface area contributed by atoms with E-state index in [2.05, 4.69) is 9.68 Å². The van der Waals surface area contributed by atoms with Crippen molar-refractivity contribution >= 4 is 19.5 Å². The fourth-order valence-corrected chi connectivity index (χ4v) is 0.727. The van der Waals surface area contributed by atoms with Gasteiger partial charge in [-0.2, -0.15) is 0 Å². The van der Waals surface area contributed by atoms with Gasteiger partial charge in [-0.25, -0.2) is 4.79 Å². The first-order valence-electron chi connectivity index (χ1n) is 2.29.